The molecule has 0 bridgehead atoms. The van der Waals surface area contributed by atoms with Crippen LogP contribution in [0.2, 0.25) is 5.02 Å². The second-order valence-electron chi connectivity index (χ2n) is 4.68. The number of nitro groups is 1. The van der Waals surface area contributed by atoms with Crippen molar-refractivity contribution < 1.29 is 4.92 Å². The standard InChI is InChI=1S/C16H11ClN4O2S/c17-11-5-4-6-12(9-11)20-15-14(21(22)23)16(19-10-18-15)24-13-7-2-1-3-8-13/h1-10H,(H,18,19,20). The summed E-state index contributed by atoms with van der Waals surface area (Å²) < 4.78 is 0. The molecule has 1 aromatic heterocycles. The van der Waals surface area contributed by atoms with Gasteiger partial charge in [0.1, 0.15) is 6.33 Å². The lowest BCUT2D eigenvalue weighted by atomic mass is 10.3. The molecule has 0 aliphatic rings. The minimum atomic E-state index is -0.488. The molecule has 120 valence electrons. The lowest BCUT2D eigenvalue weighted by Gasteiger charge is -2.08. The molecule has 1 heterocycles. The van der Waals surface area contributed by atoms with E-state index in [-0.39, 0.29) is 16.5 Å². The highest BCUT2D eigenvalue weighted by molar-refractivity contribution is 7.99. The largest absolute Gasteiger partial charge is 0.343 e. The molecule has 0 saturated heterocycles. The van der Waals surface area contributed by atoms with Crippen LogP contribution in [0.25, 0.3) is 0 Å². The van der Waals surface area contributed by atoms with Gasteiger partial charge < -0.3 is 5.32 Å². The third-order valence-electron chi connectivity index (χ3n) is 3.02. The number of anilines is 2. The topological polar surface area (TPSA) is 81.0 Å². The quantitative estimate of drug-likeness (QED) is 0.395. The summed E-state index contributed by atoms with van der Waals surface area (Å²) in [7, 11) is 0. The van der Waals surface area contributed by atoms with Gasteiger partial charge in [0.05, 0.1) is 4.92 Å². The molecule has 3 aromatic rings. The molecule has 1 N–H and O–H groups in total. The molecular weight excluding hydrogens is 348 g/mol. The molecule has 0 radical (unpaired) electrons. The summed E-state index contributed by atoms with van der Waals surface area (Å²) in [5, 5.41) is 15.3. The van der Waals surface area contributed by atoms with Gasteiger partial charge in [-0.25, -0.2) is 9.97 Å². The van der Waals surface area contributed by atoms with Gasteiger partial charge in [-0.05, 0) is 30.3 Å². The zero-order chi connectivity index (χ0) is 16.9. The van der Waals surface area contributed by atoms with Crippen molar-refractivity contribution in [3.05, 3.63) is 76.1 Å². The lowest BCUT2D eigenvalue weighted by molar-refractivity contribution is -0.387. The minimum absolute atomic E-state index is 0.121. The summed E-state index contributed by atoms with van der Waals surface area (Å²) in [6, 6.07) is 16.2. The van der Waals surface area contributed by atoms with Crippen molar-refractivity contribution >= 4 is 40.6 Å². The molecule has 0 aliphatic carbocycles. The van der Waals surface area contributed by atoms with E-state index >= 15 is 0 Å². The molecule has 3 rings (SSSR count). The Morgan fingerprint density at radius 1 is 1.08 bits per heavy atom. The molecule has 2 aromatic carbocycles. The Kier molecular flexibility index (Phi) is 4.93. The van der Waals surface area contributed by atoms with Crippen LogP contribution in [-0.4, -0.2) is 14.9 Å². The third-order valence-corrected chi connectivity index (χ3v) is 4.25. The molecule has 0 amide bonds. The van der Waals surface area contributed by atoms with Crippen LogP contribution in [-0.2, 0) is 0 Å². The van der Waals surface area contributed by atoms with E-state index in [1.807, 2.05) is 30.3 Å². The lowest BCUT2D eigenvalue weighted by Crippen LogP contribution is -2.02. The summed E-state index contributed by atoms with van der Waals surface area (Å²) in [6.07, 6.45) is 1.30. The van der Waals surface area contributed by atoms with E-state index in [0.717, 1.165) is 4.90 Å². The summed E-state index contributed by atoms with van der Waals surface area (Å²) in [5.41, 5.74) is 0.436. The van der Waals surface area contributed by atoms with Crippen molar-refractivity contribution in [3.8, 4) is 0 Å². The Morgan fingerprint density at radius 2 is 1.88 bits per heavy atom. The highest BCUT2D eigenvalue weighted by Gasteiger charge is 2.23. The second kappa shape index (κ2) is 7.29. The maximum atomic E-state index is 11.5. The smallest absolute Gasteiger partial charge is 0.334 e. The van der Waals surface area contributed by atoms with E-state index < -0.39 is 4.92 Å². The van der Waals surface area contributed by atoms with Crippen molar-refractivity contribution in [3.63, 3.8) is 0 Å². The van der Waals surface area contributed by atoms with Gasteiger partial charge in [-0.3, -0.25) is 10.1 Å². The van der Waals surface area contributed by atoms with E-state index in [1.54, 1.807) is 24.3 Å². The first-order chi connectivity index (χ1) is 11.6. The maximum Gasteiger partial charge on any atom is 0.343 e. The number of hydrogen-bond acceptors (Lipinski definition) is 6. The Hall–Kier alpha value is -2.64. The first-order valence-electron chi connectivity index (χ1n) is 6.88. The normalized spacial score (nSPS) is 10.4. The summed E-state index contributed by atoms with van der Waals surface area (Å²) in [6.45, 7) is 0. The fourth-order valence-electron chi connectivity index (χ4n) is 2.00. The van der Waals surface area contributed by atoms with Crippen LogP contribution >= 0.6 is 23.4 Å². The van der Waals surface area contributed by atoms with E-state index in [1.165, 1.54) is 18.1 Å². The van der Waals surface area contributed by atoms with Gasteiger partial charge in [0.25, 0.3) is 0 Å². The van der Waals surface area contributed by atoms with Gasteiger partial charge in [0.2, 0.25) is 5.82 Å². The fourth-order valence-corrected chi connectivity index (χ4v) is 3.07. The summed E-state index contributed by atoms with van der Waals surface area (Å²) in [5.74, 6) is 0.121. The minimum Gasteiger partial charge on any atom is -0.334 e. The molecule has 24 heavy (non-hydrogen) atoms. The van der Waals surface area contributed by atoms with Crippen LogP contribution in [0.15, 0.2) is 70.8 Å². The Labute approximate surface area is 147 Å². The number of rotatable bonds is 5. The van der Waals surface area contributed by atoms with E-state index in [4.69, 9.17) is 11.6 Å². The van der Waals surface area contributed by atoms with Gasteiger partial charge in [-0.1, -0.05) is 47.6 Å². The molecule has 6 nitrogen and oxygen atoms in total. The van der Waals surface area contributed by atoms with Crippen LogP contribution in [0.1, 0.15) is 0 Å². The van der Waals surface area contributed by atoms with Gasteiger partial charge in [0.15, 0.2) is 5.03 Å². The predicted octanol–water partition coefficient (Wildman–Crippen LogP) is 4.93. The third kappa shape index (κ3) is 3.81. The van der Waals surface area contributed by atoms with Crippen LogP contribution in [0.4, 0.5) is 17.2 Å². The van der Waals surface area contributed by atoms with Crippen molar-refractivity contribution in [1.82, 2.24) is 9.97 Å². The van der Waals surface area contributed by atoms with Crippen molar-refractivity contribution in [2.45, 2.75) is 9.92 Å². The van der Waals surface area contributed by atoms with Gasteiger partial charge >= 0.3 is 5.69 Å². The SMILES string of the molecule is O=[N+]([O-])c1c(Nc2cccc(Cl)c2)ncnc1Sc1ccccc1. The van der Waals surface area contributed by atoms with E-state index in [9.17, 15) is 10.1 Å². The van der Waals surface area contributed by atoms with E-state index in [2.05, 4.69) is 15.3 Å². The number of halogens is 1. The first kappa shape index (κ1) is 16.2. The second-order valence-corrected chi connectivity index (χ2v) is 6.18. The molecule has 8 heteroatoms. The Morgan fingerprint density at radius 3 is 2.58 bits per heavy atom. The van der Waals surface area contributed by atoms with Crippen LogP contribution in [0.5, 0.6) is 0 Å². The number of hydrogen-bond donors (Lipinski definition) is 1. The molecule has 0 atom stereocenters. The first-order valence-corrected chi connectivity index (χ1v) is 8.08. The molecule has 0 aliphatic heterocycles. The highest BCUT2D eigenvalue weighted by Crippen LogP contribution is 2.37. The van der Waals surface area contributed by atoms with Gasteiger partial charge in [-0.2, -0.15) is 0 Å². The Bertz CT molecular complexity index is 877. The number of nitrogens with one attached hydrogen (secondary N) is 1. The molecular formula is C16H11ClN4O2S. The summed E-state index contributed by atoms with van der Waals surface area (Å²) in [4.78, 5) is 20.0. The highest BCUT2D eigenvalue weighted by atomic mass is 35.5. The molecule has 0 unspecified atom stereocenters. The zero-order valence-corrected chi connectivity index (χ0v) is 13.8. The molecule has 0 spiro atoms. The maximum absolute atomic E-state index is 11.5. The van der Waals surface area contributed by atoms with Crippen molar-refractivity contribution in [2.75, 3.05) is 5.32 Å². The number of benzene rings is 2. The molecule has 0 fully saturated rings. The summed E-state index contributed by atoms with van der Waals surface area (Å²) >= 11 is 7.15. The van der Waals surface area contributed by atoms with Crippen LogP contribution in [0, 0.1) is 10.1 Å². The molecule has 0 saturated carbocycles. The predicted molar refractivity (Wildman–Crippen MR) is 94.0 cm³/mol. The number of aromatic nitrogens is 2. The number of nitrogens with zero attached hydrogens (tertiary/aromatic N) is 3. The zero-order valence-electron chi connectivity index (χ0n) is 12.2. The fraction of sp³-hybridized carbons (Fsp3) is 0. The van der Waals surface area contributed by atoms with Gasteiger partial charge in [0, 0.05) is 15.6 Å². The average molecular weight is 359 g/mol. The van der Waals surface area contributed by atoms with E-state index in [0.29, 0.717) is 10.7 Å². The van der Waals surface area contributed by atoms with Crippen molar-refractivity contribution in [1.29, 1.82) is 0 Å². The monoisotopic (exact) mass is 358 g/mol. The van der Waals surface area contributed by atoms with Crippen LogP contribution in [0.3, 0.4) is 0 Å². The average Bonchev–Trinajstić information content (AvgIpc) is 2.56. The van der Waals surface area contributed by atoms with Crippen LogP contribution < -0.4 is 5.32 Å². The van der Waals surface area contributed by atoms with Gasteiger partial charge in [-0.15, -0.1) is 0 Å². The Balaban J connectivity index is 1.97. The van der Waals surface area contributed by atoms with Crippen molar-refractivity contribution in [2.24, 2.45) is 0 Å².